The third-order valence-electron chi connectivity index (χ3n) is 1.57. The maximum absolute atomic E-state index is 10.6. The summed E-state index contributed by atoms with van der Waals surface area (Å²) in [7, 11) is 0. The van der Waals surface area contributed by atoms with Crippen molar-refractivity contribution in [1.82, 2.24) is 0 Å². The van der Waals surface area contributed by atoms with Gasteiger partial charge in [-0.05, 0) is 13.8 Å². The van der Waals surface area contributed by atoms with Crippen LogP contribution in [0.2, 0.25) is 0 Å². The van der Waals surface area contributed by atoms with Gasteiger partial charge in [-0.15, -0.1) is 0 Å². The van der Waals surface area contributed by atoms with Crippen molar-refractivity contribution in [2.75, 3.05) is 0 Å². The van der Waals surface area contributed by atoms with Gasteiger partial charge in [0.2, 0.25) is 0 Å². The molecule has 0 aromatic heterocycles. The molecule has 1 aliphatic rings. The van der Waals surface area contributed by atoms with Crippen molar-refractivity contribution < 1.29 is 4.79 Å². The maximum atomic E-state index is 10.6. The number of ketones is 1. The molecular formula is C6H11N3O. The molecule has 0 radical (unpaired) electrons. The minimum Gasteiger partial charge on any atom is -0.321 e. The Morgan fingerprint density at radius 2 is 2.20 bits per heavy atom. The quantitative estimate of drug-likeness (QED) is 0.620. The molecule has 0 saturated heterocycles. The van der Waals surface area contributed by atoms with E-state index in [0.717, 1.165) is 0 Å². The molecule has 0 aromatic carbocycles. The molecule has 4 nitrogen and oxygen atoms in total. The summed E-state index contributed by atoms with van der Waals surface area (Å²) < 4.78 is 0. The van der Waals surface area contributed by atoms with Gasteiger partial charge in [0.1, 0.15) is 5.78 Å². The minimum atomic E-state index is -0.403. The van der Waals surface area contributed by atoms with E-state index < -0.39 is 6.04 Å². The molecule has 1 rings (SSSR count). The number of nitrogens with two attached hydrogens (primary N) is 1. The molecule has 1 atom stereocenters. The van der Waals surface area contributed by atoms with E-state index >= 15 is 0 Å². The highest BCUT2D eigenvalue weighted by atomic mass is 16.1. The topological polar surface area (TPSA) is 67.8 Å². The van der Waals surface area contributed by atoms with Gasteiger partial charge in [0.05, 0.1) is 6.04 Å². The molecule has 1 aliphatic heterocycles. The van der Waals surface area contributed by atoms with Crippen molar-refractivity contribution in [3.05, 3.63) is 0 Å². The smallest absolute Gasteiger partial charge is 0.190 e. The largest absolute Gasteiger partial charge is 0.321 e. The Morgan fingerprint density at radius 1 is 1.70 bits per heavy atom. The van der Waals surface area contributed by atoms with Crippen LogP contribution in [0.4, 0.5) is 0 Å². The number of hydrogen-bond acceptors (Lipinski definition) is 4. The van der Waals surface area contributed by atoms with E-state index in [9.17, 15) is 4.79 Å². The summed E-state index contributed by atoms with van der Waals surface area (Å²) in [5, 5.41) is 7.50. The fourth-order valence-corrected chi connectivity index (χ4v) is 0.727. The predicted octanol–water partition coefficient (Wildman–Crippen LogP) is 0.475. The van der Waals surface area contributed by atoms with E-state index in [0.29, 0.717) is 6.42 Å². The monoisotopic (exact) mass is 141 g/mol. The number of hydrogen-bond donors (Lipinski definition) is 1. The number of rotatable bonds is 3. The average molecular weight is 141 g/mol. The molecule has 2 N–H and O–H groups in total. The molecule has 10 heavy (non-hydrogen) atoms. The average Bonchev–Trinajstić information content (AvgIpc) is 2.47. The third kappa shape index (κ3) is 1.60. The molecule has 0 saturated carbocycles. The van der Waals surface area contributed by atoms with Crippen molar-refractivity contribution in [2.24, 2.45) is 16.0 Å². The van der Waals surface area contributed by atoms with Gasteiger partial charge in [0, 0.05) is 6.42 Å². The zero-order chi connectivity index (χ0) is 7.78. The molecule has 1 heterocycles. The molecule has 56 valence electrons. The molecule has 0 unspecified atom stereocenters. The lowest BCUT2D eigenvalue weighted by Crippen LogP contribution is -2.32. The van der Waals surface area contributed by atoms with Gasteiger partial charge in [-0.3, -0.25) is 4.79 Å². The van der Waals surface area contributed by atoms with E-state index in [4.69, 9.17) is 5.73 Å². The van der Waals surface area contributed by atoms with Gasteiger partial charge in [-0.25, -0.2) is 0 Å². The van der Waals surface area contributed by atoms with Gasteiger partial charge < -0.3 is 5.73 Å². The number of carbonyl (C=O) groups excluding carboxylic acids is 1. The second kappa shape index (κ2) is 2.12. The number of Topliss-reactive ketones (excluding diaryl/α,β-unsaturated/α-hetero) is 1. The molecule has 0 aromatic rings. The molecular weight excluding hydrogens is 130 g/mol. The van der Waals surface area contributed by atoms with Crippen LogP contribution in [0.1, 0.15) is 20.3 Å². The zero-order valence-electron chi connectivity index (χ0n) is 6.16. The van der Waals surface area contributed by atoms with E-state index in [2.05, 4.69) is 10.2 Å². The first-order valence-corrected chi connectivity index (χ1v) is 3.24. The van der Waals surface area contributed by atoms with Crippen molar-refractivity contribution >= 4 is 5.78 Å². The van der Waals surface area contributed by atoms with Crippen LogP contribution in [0.15, 0.2) is 10.2 Å². The summed E-state index contributed by atoms with van der Waals surface area (Å²) in [6.07, 6.45) is 0.544. The van der Waals surface area contributed by atoms with Crippen LogP contribution in [-0.4, -0.2) is 17.5 Å². The lowest BCUT2D eigenvalue weighted by atomic mass is 10.0. The van der Waals surface area contributed by atoms with Crippen molar-refractivity contribution in [1.29, 1.82) is 0 Å². The molecule has 0 amide bonds. The molecule has 4 heteroatoms. The normalized spacial score (nSPS) is 22.3. The van der Waals surface area contributed by atoms with E-state index in [1.165, 1.54) is 6.92 Å². The minimum absolute atomic E-state index is 0.00137. The van der Waals surface area contributed by atoms with Crippen LogP contribution in [0.5, 0.6) is 0 Å². The Hall–Kier alpha value is -0.770. The SMILES string of the molecule is CC(=O)[C@@H](N)CC1(C)N=N1. The number of carbonyl (C=O) groups is 1. The van der Waals surface area contributed by atoms with Crippen LogP contribution >= 0.6 is 0 Å². The fraction of sp³-hybridized carbons (Fsp3) is 0.833. The summed E-state index contributed by atoms with van der Waals surface area (Å²) in [5.74, 6) is -0.00137. The summed E-state index contributed by atoms with van der Waals surface area (Å²) in [6, 6.07) is -0.403. The van der Waals surface area contributed by atoms with Gasteiger partial charge in [0.15, 0.2) is 5.66 Å². The first-order valence-electron chi connectivity index (χ1n) is 3.24. The molecule has 0 bridgehead atoms. The summed E-state index contributed by atoms with van der Waals surface area (Å²) in [4.78, 5) is 10.6. The first-order chi connectivity index (χ1) is 4.53. The highest BCUT2D eigenvalue weighted by Gasteiger charge is 2.36. The lowest BCUT2D eigenvalue weighted by Gasteiger charge is -2.08. The summed E-state index contributed by atoms with van der Waals surface area (Å²) in [5.41, 5.74) is 5.13. The predicted molar refractivity (Wildman–Crippen MR) is 36.5 cm³/mol. The van der Waals surface area contributed by atoms with Crippen LogP contribution in [-0.2, 0) is 4.79 Å². The van der Waals surface area contributed by atoms with Gasteiger partial charge in [0.25, 0.3) is 0 Å². The van der Waals surface area contributed by atoms with Crippen LogP contribution in [0.3, 0.4) is 0 Å². The molecule has 0 spiro atoms. The Bertz CT molecular complexity index is 181. The maximum Gasteiger partial charge on any atom is 0.190 e. The summed E-state index contributed by atoms with van der Waals surface area (Å²) >= 11 is 0. The highest BCUT2D eigenvalue weighted by Crippen LogP contribution is 2.31. The van der Waals surface area contributed by atoms with Gasteiger partial charge in [-0.1, -0.05) is 0 Å². The van der Waals surface area contributed by atoms with Crippen LogP contribution < -0.4 is 5.73 Å². The Morgan fingerprint density at radius 3 is 2.50 bits per heavy atom. The fourth-order valence-electron chi connectivity index (χ4n) is 0.727. The van der Waals surface area contributed by atoms with Crippen molar-refractivity contribution in [3.8, 4) is 0 Å². The van der Waals surface area contributed by atoms with Crippen molar-refractivity contribution in [2.45, 2.75) is 32.0 Å². The van der Waals surface area contributed by atoms with Crippen molar-refractivity contribution in [3.63, 3.8) is 0 Å². The molecule has 0 fully saturated rings. The molecule has 0 aliphatic carbocycles. The van der Waals surface area contributed by atoms with Crippen LogP contribution in [0, 0.1) is 0 Å². The van der Waals surface area contributed by atoms with Gasteiger partial charge in [-0.2, -0.15) is 10.2 Å². The van der Waals surface area contributed by atoms with E-state index in [-0.39, 0.29) is 11.4 Å². The second-order valence-electron chi connectivity index (χ2n) is 2.84. The zero-order valence-corrected chi connectivity index (χ0v) is 6.16. The second-order valence-corrected chi connectivity index (χ2v) is 2.84. The van der Waals surface area contributed by atoms with E-state index in [1.54, 1.807) is 0 Å². The van der Waals surface area contributed by atoms with E-state index in [1.807, 2.05) is 6.92 Å². The highest BCUT2D eigenvalue weighted by molar-refractivity contribution is 5.81. The Kier molecular flexibility index (Phi) is 1.56. The van der Waals surface area contributed by atoms with Gasteiger partial charge >= 0.3 is 0 Å². The lowest BCUT2D eigenvalue weighted by molar-refractivity contribution is -0.118. The standard InChI is InChI=1S/C6H11N3O/c1-4(10)5(7)3-6(2)8-9-6/h5H,3,7H2,1-2H3/t5-/m0/s1. The third-order valence-corrected chi connectivity index (χ3v) is 1.57. The first kappa shape index (κ1) is 7.34. The Balaban J connectivity index is 2.32. The number of nitrogens with zero attached hydrogens (tertiary/aromatic N) is 2. The Labute approximate surface area is 59.5 Å². The van der Waals surface area contributed by atoms with Crippen LogP contribution in [0.25, 0.3) is 0 Å². The summed E-state index contributed by atoms with van der Waals surface area (Å²) in [6.45, 7) is 3.34.